The molecule has 1 aliphatic rings. The van der Waals surface area contributed by atoms with Gasteiger partial charge in [-0.3, -0.25) is 0 Å². The van der Waals surface area contributed by atoms with Crippen LogP contribution in [-0.4, -0.2) is 19.3 Å². The Morgan fingerprint density at radius 1 is 1.18 bits per heavy atom. The smallest absolute Gasteiger partial charge is 0.0642 e. The molecule has 0 saturated heterocycles. The predicted octanol–water partition coefficient (Wildman–Crippen LogP) is 4.21. The summed E-state index contributed by atoms with van der Waals surface area (Å²) in [4.78, 5) is 0. The molecule has 1 aliphatic carbocycles. The molecular formula is C14H20BrNO. The lowest BCUT2D eigenvalue weighted by molar-refractivity contribution is 0.0347. The zero-order chi connectivity index (χ0) is 11.9. The zero-order valence-electron chi connectivity index (χ0n) is 10.1. The number of ether oxygens (including phenoxy) is 1. The Bertz CT molecular complexity index is 337. The van der Waals surface area contributed by atoms with E-state index in [4.69, 9.17) is 4.74 Å². The SMILES string of the molecule is Brc1ccccc1NCCOC1CCCCC1. The number of hydrogen-bond acceptors (Lipinski definition) is 2. The number of para-hydroxylation sites is 1. The van der Waals surface area contributed by atoms with Gasteiger partial charge in [-0.15, -0.1) is 0 Å². The van der Waals surface area contributed by atoms with Crippen molar-refractivity contribution in [3.8, 4) is 0 Å². The maximum Gasteiger partial charge on any atom is 0.0642 e. The molecule has 0 aromatic heterocycles. The molecule has 1 aromatic rings. The van der Waals surface area contributed by atoms with Crippen molar-refractivity contribution in [3.05, 3.63) is 28.7 Å². The molecule has 1 N–H and O–H groups in total. The topological polar surface area (TPSA) is 21.3 Å². The van der Waals surface area contributed by atoms with Gasteiger partial charge in [0.25, 0.3) is 0 Å². The van der Waals surface area contributed by atoms with Crippen LogP contribution in [-0.2, 0) is 4.74 Å². The molecule has 2 nitrogen and oxygen atoms in total. The van der Waals surface area contributed by atoms with Gasteiger partial charge in [-0.25, -0.2) is 0 Å². The molecule has 3 heteroatoms. The van der Waals surface area contributed by atoms with E-state index in [-0.39, 0.29) is 0 Å². The van der Waals surface area contributed by atoms with Crippen molar-refractivity contribution in [2.24, 2.45) is 0 Å². The van der Waals surface area contributed by atoms with Crippen LogP contribution in [0.25, 0.3) is 0 Å². The van der Waals surface area contributed by atoms with Crippen molar-refractivity contribution >= 4 is 21.6 Å². The molecule has 2 rings (SSSR count). The standard InChI is InChI=1S/C14H20BrNO/c15-13-8-4-5-9-14(13)16-10-11-17-12-6-2-1-3-7-12/h4-5,8-9,12,16H,1-3,6-7,10-11H2. The summed E-state index contributed by atoms with van der Waals surface area (Å²) >= 11 is 3.52. The zero-order valence-corrected chi connectivity index (χ0v) is 11.7. The third-order valence-electron chi connectivity index (χ3n) is 3.20. The summed E-state index contributed by atoms with van der Waals surface area (Å²) in [7, 11) is 0. The third-order valence-corrected chi connectivity index (χ3v) is 3.89. The van der Waals surface area contributed by atoms with Crippen LogP contribution in [0.2, 0.25) is 0 Å². The fourth-order valence-corrected chi connectivity index (χ4v) is 2.67. The van der Waals surface area contributed by atoms with Crippen LogP contribution in [0.4, 0.5) is 5.69 Å². The summed E-state index contributed by atoms with van der Waals surface area (Å²) in [6.07, 6.45) is 7.05. The van der Waals surface area contributed by atoms with Gasteiger partial charge < -0.3 is 10.1 Å². The van der Waals surface area contributed by atoms with E-state index < -0.39 is 0 Å². The Morgan fingerprint density at radius 3 is 2.71 bits per heavy atom. The maximum atomic E-state index is 5.87. The number of hydrogen-bond donors (Lipinski definition) is 1. The first-order chi connectivity index (χ1) is 8.36. The second-order valence-corrected chi connectivity index (χ2v) is 5.39. The van der Waals surface area contributed by atoms with Crippen molar-refractivity contribution < 1.29 is 4.74 Å². The minimum atomic E-state index is 0.504. The molecule has 17 heavy (non-hydrogen) atoms. The minimum Gasteiger partial charge on any atom is -0.382 e. The van der Waals surface area contributed by atoms with Crippen LogP contribution in [0, 0.1) is 0 Å². The molecular weight excluding hydrogens is 278 g/mol. The van der Waals surface area contributed by atoms with E-state index in [0.717, 1.165) is 23.3 Å². The average molecular weight is 298 g/mol. The van der Waals surface area contributed by atoms with E-state index in [1.165, 1.54) is 32.1 Å². The van der Waals surface area contributed by atoms with Gasteiger partial charge in [-0.2, -0.15) is 0 Å². The second-order valence-electron chi connectivity index (χ2n) is 4.54. The van der Waals surface area contributed by atoms with Crippen LogP contribution in [0.3, 0.4) is 0 Å². The van der Waals surface area contributed by atoms with Crippen LogP contribution in [0.1, 0.15) is 32.1 Å². The Morgan fingerprint density at radius 2 is 1.94 bits per heavy atom. The molecule has 0 spiro atoms. The normalized spacial score (nSPS) is 17.0. The van der Waals surface area contributed by atoms with Crippen molar-refractivity contribution in [1.29, 1.82) is 0 Å². The molecule has 1 aromatic carbocycles. The van der Waals surface area contributed by atoms with Crippen molar-refractivity contribution in [2.45, 2.75) is 38.2 Å². The number of rotatable bonds is 5. The first-order valence-electron chi connectivity index (χ1n) is 6.46. The molecule has 0 unspecified atom stereocenters. The van der Waals surface area contributed by atoms with Crippen molar-refractivity contribution in [1.82, 2.24) is 0 Å². The lowest BCUT2D eigenvalue weighted by Gasteiger charge is -2.22. The van der Waals surface area contributed by atoms with E-state index in [1.54, 1.807) is 0 Å². The quantitative estimate of drug-likeness (QED) is 0.822. The largest absolute Gasteiger partial charge is 0.382 e. The number of benzene rings is 1. The van der Waals surface area contributed by atoms with Gasteiger partial charge >= 0.3 is 0 Å². The summed E-state index contributed by atoms with van der Waals surface area (Å²) in [5, 5.41) is 3.38. The fraction of sp³-hybridized carbons (Fsp3) is 0.571. The van der Waals surface area contributed by atoms with E-state index in [2.05, 4.69) is 27.3 Å². The highest BCUT2D eigenvalue weighted by molar-refractivity contribution is 9.10. The molecule has 0 heterocycles. The van der Waals surface area contributed by atoms with E-state index >= 15 is 0 Å². The lowest BCUT2D eigenvalue weighted by atomic mass is 9.98. The second kappa shape index (κ2) is 7.02. The Kier molecular flexibility index (Phi) is 5.33. The van der Waals surface area contributed by atoms with Gasteiger partial charge in [-0.1, -0.05) is 31.4 Å². The summed E-state index contributed by atoms with van der Waals surface area (Å²) < 4.78 is 6.98. The number of anilines is 1. The summed E-state index contributed by atoms with van der Waals surface area (Å²) in [5.74, 6) is 0. The lowest BCUT2D eigenvalue weighted by Crippen LogP contribution is -2.20. The molecule has 0 radical (unpaired) electrons. The number of halogens is 1. The maximum absolute atomic E-state index is 5.87. The van der Waals surface area contributed by atoms with Crippen molar-refractivity contribution in [3.63, 3.8) is 0 Å². The Balaban J connectivity index is 1.64. The van der Waals surface area contributed by atoms with E-state index in [1.807, 2.05) is 18.2 Å². The molecule has 0 atom stereocenters. The number of nitrogens with one attached hydrogen (secondary N) is 1. The molecule has 94 valence electrons. The molecule has 0 amide bonds. The summed E-state index contributed by atoms with van der Waals surface area (Å²) in [6, 6.07) is 8.18. The van der Waals surface area contributed by atoms with Gasteiger partial charge in [-0.05, 0) is 40.9 Å². The monoisotopic (exact) mass is 297 g/mol. The van der Waals surface area contributed by atoms with Gasteiger partial charge in [0.1, 0.15) is 0 Å². The average Bonchev–Trinajstić information content (AvgIpc) is 2.38. The fourth-order valence-electron chi connectivity index (χ4n) is 2.25. The highest BCUT2D eigenvalue weighted by Gasteiger charge is 2.12. The first kappa shape index (κ1) is 12.9. The third kappa shape index (κ3) is 4.32. The van der Waals surface area contributed by atoms with Crippen LogP contribution >= 0.6 is 15.9 Å². The Labute approximate surface area is 112 Å². The van der Waals surface area contributed by atoms with Gasteiger partial charge in [0.15, 0.2) is 0 Å². The van der Waals surface area contributed by atoms with Gasteiger partial charge in [0.2, 0.25) is 0 Å². The highest BCUT2D eigenvalue weighted by atomic mass is 79.9. The molecule has 0 bridgehead atoms. The molecule has 1 fully saturated rings. The van der Waals surface area contributed by atoms with Crippen LogP contribution < -0.4 is 5.32 Å². The summed E-state index contributed by atoms with van der Waals surface area (Å²) in [6.45, 7) is 1.67. The highest BCUT2D eigenvalue weighted by Crippen LogP contribution is 2.22. The Hall–Kier alpha value is -0.540. The predicted molar refractivity (Wildman–Crippen MR) is 75.5 cm³/mol. The minimum absolute atomic E-state index is 0.504. The first-order valence-corrected chi connectivity index (χ1v) is 7.25. The van der Waals surface area contributed by atoms with Crippen molar-refractivity contribution in [2.75, 3.05) is 18.5 Å². The molecule has 0 aliphatic heterocycles. The van der Waals surface area contributed by atoms with Crippen LogP contribution in [0.15, 0.2) is 28.7 Å². The van der Waals surface area contributed by atoms with Crippen LogP contribution in [0.5, 0.6) is 0 Å². The van der Waals surface area contributed by atoms with E-state index in [9.17, 15) is 0 Å². The summed E-state index contributed by atoms with van der Waals surface area (Å²) in [5.41, 5.74) is 1.14. The van der Waals surface area contributed by atoms with Gasteiger partial charge in [0, 0.05) is 16.7 Å². The van der Waals surface area contributed by atoms with Gasteiger partial charge in [0.05, 0.1) is 12.7 Å². The van der Waals surface area contributed by atoms with E-state index in [0.29, 0.717) is 6.10 Å². The molecule has 1 saturated carbocycles.